The van der Waals surface area contributed by atoms with Crippen LogP contribution in [0.3, 0.4) is 0 Å². The zero-order valence-corrected chi connectivity index (χ0v) is 7.83. The average molecular weight is 210 g/mol. The Balaban J connectivity index is 0.00000144. The number of nitrogens with two attached hydrogens (primary N) is 1. The maximum Gasteiger partial charge on any atom is 0.164 e. The molecule has 2 nitrogen and oxygen atoms in total. The third-order valence-corrected chi connectivity index (χ3v) is 1.59. The second-order valence-corrected chi connectivity index (χ2v) is 2.48. The molecule has 5 heteroatoms. The van der Waals surface area contributed by atoms with E-state index in [1.165, 1.54) is 19.1 Å². The molecule has 0 radical (unpaired) electrons. The van der Waals surface area contributed by atoms with Crippen molar-refractivity contribution in [2.75, 3.05) is 0 Å². The lowest BCUT2D eigenvalue weighted by molar-refractivity contribution is 0.121. The summed E-state index contributed by atoms with van der Waals surface area (Å²) < 4.78 is 25.8. The molecular weight excluding hydrogens is 200 g/mol. The lowest BCUT2D eigenvalue weighted by Crippen LogP contribution is -2.03. The molecule has 0 aliphatic rings. The van der Waals surface area contributed by atoms with Gasteiger partial charge in [-0.15, -0.1) is 12.4 Å². The van der Waals surface area contributed by atoms with Gasteiger partial charge in [0.2, 0.25) is 0 Å². The molecule has 0 saturated heterocycles. The maximum absolute atomic E-state index is 12.9. The first-order valence-corrected chi connectivity index (χ1v) is 3.42. The fourth-order valence-corrected chi connectivity index (χ4v) is 0.887. The lowest BCUT2D eigenvalue weighted by atomic mass is 10.1. The van der Waals surface area contributed by atoms with Crippen molar-refractivity contribution >= 4 is 12.4 Å². The highest BCUT2D eigenvalue weighted by molar-refractivity contribution is 5.85. The molecule has 1 aromatic carbocycles. The van der Waals surface area contributed by atoms with E-state index in [1.54, 1.807) is 0 Å². The molecule has 0 heterocycles. The number of aryl methyl sites for hydroxylation is 1. The first-order chi connectivity index (χ1) is 5.66. The smallest absolute Gasteiger partial charge is 0.164 e. The van der Waals surface area contributed by atoms with Crippen LogP contribution in [-0.2, 0) is 11.4 Å². The molecule has 0 aromatic heterocycles. The Bertz CT molecular complexity index is 294. The molecular formula is C8H10ClF2NO. The summed E-state index contributed by atoms with van der Waals surface area (Å²) in [5.74, 6) is 3.00. The summed E-state index contributed by atoms with van der Waals surface area (Å²) in [7, 11) is 0. The Morgan fingerprint density at radius 1 is 1.31 bits per heavy atom. The Kier molecular flexibility index (Phi) is 4.83. The van der Waals surface area contributed by atoms with Crippen LogP contribution in [0.25, 0.3) is 0 Å². The molecule has 13 heavy (non-hydrogen) atoms. The van der Waals surface area contributed by atoms with Gasteiger partial charge in [0, 0.05) is 5.56 Å². The van der Waals surface area contributed by atoms with E-state index in [0.717, 1.165) is 0 Å². The second kappa shape index (κ2) is 5.11. The molecule has 0 aliphatic heterocycles. The molecule has 0 aliphatic carbocycles. The van der Waals surface area contributed by atoms with E-state index in [-0.39, 0.29) is 30.1 Å². The van der Waals surface area contributed by atoms with E-state index in [9.17, 15) is 8.78 Å². The molecule has 74 valence electrons. The molecule has 0 amide bonds. The highest BCUT2D eigenvalue weighted by Crippen LogP contribution is 2.15. The first kappa shape index (κ1) is 12.3. The van der Waals surface area contributed by atoms with E-state index in [2.05, 4.69) is 4.84 Å². The minimum Gasteiger partial charge on any atom is -0.300 e. The zero-order chi connectivity index (χ0) is 9.14. The van der Waals surface area contributed by atoms with Gasteiger partial charge in [0.05, 0.1) is 6.61 Å². The van der Waals surface area contributed by atoms with E-state index in [0.29, 0.717) is 0 Å². The summed E-state index contributed by atoms with van der Waals surface area (Å²) in [5.41, 5.74) is 0.397. The predicted octanol–water partition coefficient (Wildman–Crippen LogP) is 2.09. The SMILES string of the molecule is Cc1ccc(CON)c(F)c1F.Cl. The fraction of sp³-hybridized carbons (Fsp3) is 0.250. The third kappa shape index (κ3) is 2.62. The molecule has 0 atom stereocenters. The Hall–Kier alpha value is -0.710. The fourth-order valence-electron chi connectivity index (χ4n) is 0.887. The van der Waals surface area contributed by atoms with E-state index < -0.39 is 11.6 Å². The minimum atomic E-state index is -0.888. The van der Waals surface area contributed by atoms with Crippen LogP contribution in [0.5, 0.6) is 0 Å². The molecule has 0 saturated carbocycles. The summed E-state index contributed by atoms with van der Waals surface area (Å²) in [4.78, 5) is 4.20. The number of hydrogen-bond acceptors (Lipinski definition) is 2. The molecule has 0 spiro atoms. The molecule has 2 N–H and O–H groups in total. The first-order valence-electron chi connectivity index (χ1n) is 3.42. The zero-order valence-electron chi connectivity index (χ0n) is 7.01. The number of benzene rings is 1. The Labute approximate surface area is 81.1 Å². The van der Waals surface area contributed by atoms with Crippen LogP contribution in [0, 0.1) is 18.6 Å². The molecule has 0 bridgehead atoms. The van der Waals surface area contributed by atoms with Crippen molar-refractivity contribution in [2.24, 2.45) is 5.90 Å². The number of halogens is 3. The molecule has 0 fully saturated rings. The van der Waals surface area contributed by atoms with Crippen LogP contribution >= 0.6 is 12.4 Å². The summed E-state index contributed by atoms with van der Waals surface area (Å²) in [6.07, 6.45) is 0. The summed E-state index contributed by atoms with van der Waals surface area (Å²) in [5, 5.41) is 0. The van der Waals surface area contributed by atoms with Crippen LogP contribution in [0.4, 0.5) is 8.78 Å². The van der Waals surface area contributed by atoms with Gasteiger partial charge in [-0.05, 0) is 12.5 Å². The van der Waals surface area contributed by atoms with E-state index in [1.807, 2.05) is 0 Å². The van der Waals surface area contributed by atoms with Gasteiger partial charge in [-0.25, -0.2) is 14.7 Å². The summed E-state index contributed by atoms with van der Waals surface area (Å²) in [6.45, 7) is 1.37. The van der Waals surface area contributed by atoms with Gasteiger partial charge >= 0.3 is 0 Å². The van der Waals surface area contributed by atoms with Gasteiger partial charge in [-0.2, -0.15) is 0 Å². The topological polar surface area (TPSA) is 35.2 Å². The van der Waals surface area contributed by atoms with Crippen molar-refractivity contribution in [3.8, 4) is 0 Å². The van der Waals surface area contributed by atoms with Crippen molar-refractivity contribution in [2.45, 2.75) is 13.5 Å². The van der Waals surface area contributed by atoms with Crippen LogP contribution in [0.2, 0.25) is 0 Å². The highest BCUT2D eigenvalue weighted by atomic mass is 35.5. The molecule has 0 unspecified atom stereocenters. The normalized spacial score (nSPS) is 9.54. The van der Waals surface area contributed by atoms with Crippen molar-refractivity contribution in [1.29, 1.82) is 0 Å². The monoisotopic (exact) mass is 209 g/mol. The van der Waals surface area contributed by atoms with Crippen molar-refractivity contribution in [3.05, 3.63) is 34.9 Å². The maximum atomic E-state index is 12.9. The van der Waals surface area contributed by atoms with Gasteiger partial charge in [-0.1, -0.05) is 12.1 Å². The Morgan fingerprint density at radius 3 is 2.46 bits per heavy atom. The van der Waals surface area contributed by atoms with Gasteiger partial charge < -0.3 is 0 Å². The van der Waals surface area contributed by atoms with Crippen molar-refractivity contribution < 1.29 is 13.6 Å². The van der Waals surface area contributed by atoms with Gasteiger partial charge in [0.25, 0.3) is 0 Å². The van der Waals surface area contributed by atoms with Gasteiger partial charge in [-0.3, -0.25) is 4.84 Å². The Morgan fingerprint density at radius 2 is 1.92 bits per heavy atom. The largest absolute Gasteiger partial charge is 0.300 e. The molecule has 1 rings (SSSR count). The number of rotatable bonds is 2. The van der Waals surface area contributed by atoms with Crippen LogP contribution in [-0.4, -0.2) is 0 Å². The van der Waals surface area contributed by atoms with Crippen LogP contribution in [0.15, 0.2) is 12.1 Å². The van der Waals surface area contributed by atoms with E-state index >= 15 is 0 Å². The van der Waals surface area contributed by atoms with Crippen LogP contribution < -0.4 is 5.90 Å². The van der Waals surface area contributed by atoms with Gasteiger partial charge in [0.1, 0.15) is 0 Å². The number of hydrogen-bond donors (Lipinski definition) is 1. The van der Waals surface area contributed by atoms with Crippen molar-refractivity contribution in [3.63, 3.8) is 0 Å². The van der Waals surface area contributed by atoms with Crippen LogP contribution in [0.1, 0.15) is 11.1 Å². The second-order valence-electron chi connectivity index (χ2n) is 2.48. The van der Waals surface area contributed by atoms with Gasteiger partial charge in [0.15, 0.2) is 11.6 Å². The molecule has 1 aromatic rings. The van der Waals surface area contributed by atoms with E-state index in [4.69, 9.17) is 5.90 Å². The minimum absolute atomic E-state index is 0. The third-order valence-electron chi connectivity index (χ3n) is 1.59. The summed E-state index contributed by atoms with van der Waals surface area (Å²) >= 11 is 0. The summed E-state index contributed by atoms with van der Waals surface area (Å²) in [6, 6.07) is 2.92. The predicted molar refractivity (Wildman–Crippen MR) is 47.3 cm³/mol. The highest BCUT2D eigenvalue weighted by Gasteiger charge is 2.09. The quantitative estimate of drug-likeness (QED) is 0.757. The average Bonchev–Trinajstić information content (AvgIpc) is 2.07. The van der Waals surface area contributed by atoms with Crippen molar-refractivity contribution in [1.82, 2.24) is 0 Å². The lowest BCUT2D eigenvalue weighted by Gasteiger charge is -2.03. The standard InChI is InChI=1S/C8H9F2NO.ClH/c1-5-2-3-6(4-12-11)8(10)7(5)9;/h2-3H,4,11H2,1H3;1H.